The number of nitrogens with zero attached hydrogens (tertiary/aromatic N) is 3. The van der Waals surface area contributed by atoms with Crippen LogP contribution in [-0.4, -0.2) is 13.3 Å². The number of rotatable bonds is 1. The van der Waals surface area contributed by atoms with E-state index < -0.39 is 0 Å². The van der Waals surface area contributed by atoms with Crippen LogP contribution < -0.4 is 5.69 Å². The van der Waals surface area contributed by atoms with E-state index in [-0.39, 0.29) is 5.69 Å². The lowest BCUT2D eigenvalue weighted by Gasteiger charge is -1.97. The molecule has 0 radical (unpaired) electrons. The van der Waals surface area contributed by atoms with E-state index >= 15 is 0 Å². The minimum atomic E-state index is -0.0695. The second-order valence-electron chi connectivity index (χ2n) is 4.22. The van der Waals surface area contributed by atoms with Crippen LogP contribution in [0.3, 0.4) is 0 Å². The standard InChI is InChI=1S/C14H9N3OS/c18-14-16-12-9-5-4-8-11(12)15-13(16)19-17(14)10-6-2-1-3-7-10/h1-9H. The van der Waals surface area contributed by atoms with Gasteiger partial charge in [0.05, 0.1) is 16.7 Å². The first-order chi connectivity index (χ1) is 9.34. The summed E-state index contributed by atoms with van der Waals surface area (Å²) in [5, 5.41) is 0. The summed E-state index contributed by atoms with van der Waals surface area (Å²) in [4.78, 5) is 17.7. The molecule has 0 fully saturated rings. The molecule has 2 heterocycles. The third-order valence-electron chi connectivity index (χ3n) is 3.06. The fraction of sp³-hybridized carbons (Fsp3) is 0. The van der Waals surface area contributed by atoms with Crippen molar-refractivity contribution >= 4 is 27.5 Å². The molecule has 2 aromatic carbocycles. The van der Waals surface area contributed by atoms with E-state index in [1.165, 1.54) is 11.5 Å². The summed E-state index contributed by atoms with van der Waals surface area (Å²) < 4.78 is 3.32. The molecule has 0 N–H and O–H groups in total. The quantitative estimate of drug-likeness (QED) is 0.532. The van der Waals surface area contributed by atoms with Gasteiger partial charge in [0.2, 0.25) is 4.96 Å². The molecule has 0 atom stereocenters. The molecule has 0 aliphatic carbocycles. The zero-order valence-corrected chi connectivity index (χ0v) is 10.7. The van der Waals surface area contributed by atoms with E-state index in [1.807, 2.05) is 54.6 Å². The molecule has 2 aromatic heterocycles. The minimum absolute atomic E-state index is 0.0695. The van der Waals surface area contributed by atoms with Crippen LogP contribution in [0.1, 0.15) is 0 Å². The Morgan fingerprint density at radius 1 is 0.947 bits per heavy atom. The van der Waals surface area contributed by atoms with Crippen molar-refractivity contribution in [2.75, 3.05) is 0 Å². The van der Waals surface area contributed by atoms with Crippen LogP contribution >= 0.6 is 11.5 Å². The SMILES string of the molecule is O=c1n(-c2ccccc2)sc2nc3ccccc3n12. The van der Waals surface area contributed by atoms with Gasteiger partial charge in [-0.1, -0.05) is 30.3 Å². The zero-order valence-electron chi connectivity index (χ0n) is 9.85. The number of imidazole rings is 1. The summed E-state index contributed by atoms with van der Waals surface area (Å²) in [6.45, 7) is 0. The average molecular weight is 267 g/mol. The second-order valence-corrected chi connectivity index (χ2v) is 5.14. The van der Waals surface area contributed by atoms with Crippen LogP contribution in [0.2, 0.25) is 0 Å². The largest absolute Gasteiger partial charge is 0.349 e. The Morgan fingerprint density at radius 3 is 2.53 bits per heavy atom. The maximum absolute atomic E-state index is 12.5. The van der Waals surface area contributed by atoms with Crippen LogP contribution in [0, 0.1) is 0 Å². The molecule has 0 aliphatic rings. The van der Waals surface area contributed by atoms with Crippen molar-refractivity contribution in [1.82, 2.24) is 13.3 Å². The van der Waals surface area contributed by atoms with E-state index in [0.29, 0.717) is 0 Å². The third-order valence-corrected chi connectivity index (χ3v) is 4.05. The van der Waals surface area contributed by atoms with Crippen molar-refractivity contribution in [3.63, 3.8) is 0 Å². The van der Waals surface area contributed by atoms with Gasteiger partial charge in [0.1, 0.15) is 0 Å². The number of hydrogen-bond acceptors (Lipinski definition) is 3. The maximum atomic E-state index is 12.5. The molecule has 0 spiro atoms. The summed E-state index contributed by atoms with van der Waals surface area (Å²) in [6, 6.07) is 17.3. The van der Waals surface area contributed by atoms with Gasteiger partial charge in [0.15, 0.2) is 0 Å². The van der Waals surface area contributed by atoms with Gasteiger partial charge in [0, 0.05) is 0 Å². The van der Waals surface area contributed by atoms with Gasteiger partial charge in [-0.05, 0) is 35.8 Å². The predicted octanol–water partition coefficient (Wildman–Crippen LogP) is 2.70. The Morgan fingerprint density at radius 2 is 1.68 bits per heavy atom. The number of hydrogen-bond donors (Lipinski definition) is 0. The van der Waals surface area contributed by atoms with Crippen LogP contribution in [0.4, 0.5) is 0 Å². The Bertz CT molecular complexity index is 934. The summed E-state index contributed by atoms with van der Waals surface area (Å²) in [5.41, 5.74) is 2.51. The van der Waals surface area contributed by atoms with Crippen LogP contribution in [0.25, 0.3) is 21.7 Å². The van der Waals surface area contributed by atoms with Crippen molar-refractivity contribution in [2.45, 2.75) is 0 Å². The number of fused-ring (bicyclic) bond motifs is 3. The van der Waals surface area contributed by atoms with Crippen molar-refractivity contribution in [2.24, 2.45) is 0 Å². The van der Waals surface area contributed by atoms with Crippen molar-refractivity contribution in [1.29, 1.82) is 0 Å². The lowest BCUT2D eigenvalue weighted by Crippen LogP contribution is -2.17. The average Bonchev–Trinajstić information content (AvgIpc) is 2.97. The minimum Gasteiger partial charge on any atom is -0.246 e. The molecule has 0 amide bonds. The zero-order chi connectivity index (χ0) is 12.8. The molecule has 19 heavy (non-hydrogen) atoms. The highest BCUT2D eigenvalue weighted by molar-refractivity contribution is 7.12. The van der Waals surface area contributed by atoms with Crippen molar-refractivity contribution in [3.05, 3.63) is 65.1 Å². The highest BCUT2D eigenvalue weighted by atomic mass is 32.1. The molecule has 0 bridgehead atoms. The molecule has 4 rings (SSSR count). The molecular formula is C14H9N3OS. The molecule has 0 saturated carbocycles. The van der Waals surface area contributed by atoms with Gasteiger partial charge in [-0.25, -0.2) is 18.1 Å². The molecule has 0 aliphatic heterocycles. The molecule has 4 nitrogen and oxygen atoms in total. The van der Waals surface area contributed by atoms with Crippen LogP contribution in [0.5, 0.6) is 0 Å². The van der Waals surface area contributed by atoms with Gasteiger partial charge in [-0.15, -0.1) is 0 Å². The Kier molecular flexibility index (Phi) is 2.10. The highest BCUT2D eigenvalue weighted by Crippen LogP contribution is 2.19. The van der Waals surface area contributed by atoms with E-state index in [0.717, 1.165) is 21.7 Å². The monoisotopic (exact) mass is 267 g/mol. The molecule has 0 unspecified atom stereocenters. The summed E-state index contributed by atoms with van der Waals surface area (Å²) in [6.07, 6.45) is 0. The van der Waals surface area contributed by atoms with E-state index in [9.17, 15) is 4.79 Å². The highest BCUT2D eigenvalue weighted by Gasteiger charge is 2.13. The number of benzene rings is 2. The van der Waals surface area contributed by atoms with Gasteiger partial charge in [-0.2, -0.15) is 0 Å². The second kappa shape index (κ2) is 3.80. The van der Waals surface area contributed by atoms with E-state index in [2.05, 4.69) is 4.98 Å². The van der Waals surface area contributed by atoms with Gasteiger partial charge in [0.25, 0.3) is 0 Å². The van der Waals surface area contributed by atoms with Gasteiger partial charge < -0.3 is 0 Å². The Labute approximate surface area is 112 Å². The lowest BCUT2D eigenvalue weighted by molar-refractivity contribution is 1.01. The van der Waals surface area contributed by atoms with Crippen LogP contribution in [-0.2, 0) is 0 Å². The fourth-order valence-electron chi connectivity index (χ4n) is 2.19. The van der Waals surface area contributed by atoms with E-state index in [1.54, 1.807) is 8.36 Å². The van der Waals surface area contributed by atoms with Gasteiger partial charge >= 0.3 is 5.69 Å². The predicted molar refractivity (Wildman–Crippen MR) is 76.2 cm³/mol. The molecule has 4 aromatic rings. The lowest BCUT2D eigenvalue weighted by atomic mass is 10.3. The first-order valence-corrected chi connectivity index (χ1v) is 6.67. The first-order valence-electron chi connectivity index (χ1n) is 5.89. The fourth-order valence-corrected chi connectivity index (χ4v) is 3.14. The first kappa shape index (κ1) is 10.5. The van der Waals surface area contributed by atoms with Crippen molar-refractivity contribution in [3.8, 4) is 5.69 Å². The van der Waals surface area contributed by atoms with E-state index in [4.69, 9.17) is 0 Å². The third kappa shape index (κ3) is 1.45. The smallest absolute Gasteiger partial charge is 0.246 e. The molecular weight excluding hydrogens is 258 g/mol. The number of aromatic nitrogens is 3. The Hall–Kier alpha value is -2.40. The maximum Gasteiger partial charge on any atom is 0.349 e. The molecule has 5 heteroatoms. The molecule has 92 valence electrons. The summed E-state index contributed by atoms with van der Waals surface area (Å²) in [7, 11) is 0. The normalized spacial score (nSPS) is 11.4. The van der Waals surface area contributed by atoms with Crippen molar-refractivity contribution < 1.29 is 0 Å². The van der Waals surface area contributed by atoms with Crippen LogP contribution in [0.15, 0.2) is 59.4 Å². The van der Waals surface area contributed by atoms with Gasteiger partial charge in [-0.3, -0.25) is 0 Å². The summed E-state index contributed by atoms with van der Waals surface area (Å²) in [5.74, 6) is 0. The summed E-state index contributed by atoms with van der Waals surface area (Å²) >= 11 is 1.36. The topological polar surface area (TPSA) is 39.3 Å². The molecule has 0 saturated heterocycles. The number of para-hydroxylation sites is 3. The Balaban J connectivity index is 2.11.